The molecule has 1 aliphatic rings. The normalized spacial score (nSPS) is 13.8. The number of halogens is 2. The zero-order valence-electron chi connectivity index (χ0n) is 11.2. The minimum Gasteiger partial charge on any atom is -0.379 e. The van der Waals surface area contributed by atoms with Gasteiger partial charge in [-0.05, 0) is 41.9 Å². The second kappa shape index (κ2) is 7.01. The maximum atomic E-state index is 13.5. The van der Waals surface area contributed by atoms with Crippen molar-refractivity contribution >= 4 is 39.9 Å². The lowest BCUT2D eigenvalue weighted by Crippen LogP contribution is -2.25. The van der Waals surface area contributed by atoms with E-state index in [4.69, 9.17) is 0 Å². The molecule has 1 aliphatic carbocycles. The van der Waals surface area contributed by atoms with Crippen LogP contribution in [-0.2, 0) is 4.79 Å². The summed E-state index contributed by atoms with van der Waals surface area (Å²) in [7, 11) is 0. The van der Waals surface area contributed by atoms with Gasteiger partial charge in [0.1, 0.15) is 11.5 Å². The quantitative estimate of drug-likeness (QED) is 0.315. The molecule has 0 saturated heterocycles. The Kier molecular flexibility index (Phi) is 5.32. The van der Waals surface area contributed by atoms with Gasteiger partial charge in [0, 0.05) is 31.1 Å². The van der Waals surface area contributed by atoms with Gasteiger partial charge < -0.3 is 10.6 Å². The van der Waals surface area contributed by atoms with Crippen LogP contribution >= 0.6 is 22.6 Å². The average Bonchev–Trinajstić information content (AvgIpc) is 3.21. The number of nitrogens with zero attached hydrogens (tertiary/aromatic N) is 1. The molecule has 1 fully saturated rings. The van der Waals surface area contributed by atoms with Crippen LogP contribution in [0.4, 0.5) is 15.8 Å². The minimum absolute atomic E-state index is 0.0115. The van der Waals surface area contributed by atoms with E-state index < -0.39 is 10.7 Å². The van der Waals surface area contributed by atoms with Crippen molar-refractivity contribution in [2.45, 2.75) is 31.7 Å². The van der Waals surface area contributed by atoms with E-state index in [-0.39, 0.29) is 20.9 Å². The Morgan fingerprint density at radius 2 is 2.19 bits per heavy atom. The van der Waals surface area contributed by atoms with Crippen LogP contribution in [0.5, 0.6) is 0 Å². The van der Waals surface area contributed by atoms with Crippen LogP contribution in [0.1, 0.15) is 25.7 Å². The van der Waals surface area contributed by atoms with E-state index in [1.54, 1.807) is 22.6 Å². The first kappa shape index (κ1) is 15.9. The third-order valence-electron chi connectivity index (χ3n) is 3.07. The molecule has 1 aromatic carbocycles. The lowest BCUT2D eigenvalue weighted by molar-refractivity contribution is -0.384. The number of nitro groups is 1. The van der Waals surface area contributed by atoms with Gasteiger partial charge in [0.2, 0.25) is 5.91 Å². The van der Waals surface area contributed by atoms with Crippen molar-refractivity contribution < 1.29 is 14.1 Å². The van der Waals surface area contributed by atoms with E-state index in [9.17, 15) is 19.3 Å². The highest BCUT2D eigenvalue weighted by Gasteiger charge is 2.22. The van der Waals surface area contributed by atoms with Crippen LogP contribution in [0.3, 0.4) is 0 Å². The first-order valence-corrected chi connectivity index (χ1v) is 7.72. The largest absolute Gasteiger partial charge is 0.379 e. The Balaban J connectivity index is 1.85. The molecule has 0 bridgehead atoms. The molecule has 0 radical (unpaired) electrons. The van der Waals surface area contributed by atoms with Gasteiger partial charge in [0.25, 0.3) is 5.69 Å². The molecule has 1 saturated carbocycles. The zero-order chi connectivity index (χ0) is 15.4. The van der Waals surface area contributed by atoms with Crippen molar-refractivity contribution in [1.82, 2.24) is 5.32 Å². The summed E-state index contributed by atoms with van der Waals surface area (Å²) in [6.45, 7) is 0.374. The van der Waals surface area contributed by atoms with Crippen LogP contribution < -0.4 is 10.6 Å². The van der Waals surface area contributed by atoms with E-state index in [1.807, 2.05) is 0 Å². The monoisotopic (exact) mass is 407 g/mol. The summed E-state index contributed by atoms with van der Waals surface area (Å²) in [6.07, 6.45) is 2.96. The van der Waals surface area contributed by atoms with Gasteiger partial charge in [0.15, 0.2) is 0 Å². The summed E-state index contributed by atoms with van der Waals surface area (Å²) in [6, 6.07) is 2.64. The zero-order valence-corrected chi connectivity index (χ0v) is 13.4. The number of nitro benzene ring substituents is 1. The van der Waals surface area contributed by atoms with Crippen molar-refractivity contribution in [3.63, 3.8) is 0 Å². The standard InChI is InChI=1S/C13H15FIN3O3/c14-9-6-11(12(18(20)21)7-10(9)15)16-5-1-2-13(19)17-8-3-4-8/h6-8,16H,1-5H2,(H,17,19). The molecule has 2 rings (SSSR count). The molecule has 1 amide bonds. The fraction of sp³-hybridized carbons (Fsp3) is 0.462. The Morgan fingerprint density at radius 3 is 2.81 bits per heavy atom. The number of anilines is 1. The van der Waals surface area contributed by atoms with Crippen molar-refractivity contribution in [2.24, 2.45) is 0 Å². The molecule has 2 N–H and O–H groups in total. The van der Waals surface area contributed by atoms with Crippen LogP contribution in [-0.4, -0.2) is 23.4 Å². The summed E-state index contributed by atoms with van der Waals surface area (Å²) < 4.78 is 13.7. The molecule has 21 heavy (non-hydrogen) atoms. The minimum atomic E-state index is -0.552. The molecule has 0 heterocycles. The molecule has 0 aliphatic heterocycles. The highest BCUT2D eigenvalue weighted by molar-refractivity contribution is 14.1. The number of amides is 1. The molecular formula is C13H15FIN3O3. The Morgan fingerprint density at radius 1 is 1.48 bits per heavy atom. The first-order valence-electron chi connectivity index (χ1n) is 6.64. The molecule has 6 nitrogen and oxygen atoms in total. The summed E-state index contributed by atoms with van der Waals surface area (Å²) in [5.41, 5.74) is -0.0243. The van der Waals surface area contributed by atoms with Crippen LogP contribution in [0.15, 0.2) is 12.1 Å². The second-order valence-electron chi connectivity index (χ2n) is 4.91. The summed E-state index contributed by atoms with van der Waals surface area (Å²) in [5, 5.41) is 16.6. The second-order valence-corrected chi connectivity index (χ2v) is 6.07. The number of carbonyl (C=O) groups is 1. The number of nitrogens with one attached hydrogen (secondary N) is 2. The van der Waals surface area contributed by atoms with Crippen LogP contribution in [0.2, 0.25) is 0 Å². The van der Waals surface area contributed by atoms with Gasteiger partial charge in [-0.15, -0.1) is 0 Å². The maximum absolute atomic E-state index is 13.5. The summed E-state index contributed by atoms with van der Waals surface area (Å²) in [5.74, 6) is -0.516. The topological polar surface area (TPSA) is 84.3 Å². The van der Waals surface area contributed by atoms with Gasteiger partial charge in [-0.3, -0.25) is 14.9 Å². The number of hydrogen-bond donors (Lipinski definition) is 2. The van der Waals surface area contributed by atoms with Gasteiger partial charge in [0.05, 0.1) is 8.49 Å². The van der Waals surface area contributed by atoms with Crippen LogP contribution in [0, 0.1) is 19.5 Å². The number of hydrogen-bond acceptors (Lipinski definition) is 4. The summed E-state index contributed by atoms with van der Waals surface area (Å²) in [4.78, 5) is 21.8. The average molecular weight is 407 g/mol. The third-order valence-corrected chi connectivity index (χ3v) is 3.90. The fourth-order valence-electron chi connectivity index (χ4n) is 1.83. The van der Waals surface area contributed by atoms with E-state index >= 15 is 0 Å². The fourth-order valence-corrected chi connectivity index (χ4v) is 2.28. The Bertz CT molecular complexity index is 564. The molecule has 0 spiro atoms. The lowest BCUT2D eigenvalue weighted by atomic mass is 10.2. The Hall–Kier alpha value is -1.45. The van der Waals surface area contributed by atoms with E-state index in [2.05, 4.69) is 10.6 Å². The molecule has 8 heteroatoms. The predicted octanol–water partition coefficient (Wildman–Crippen LogP) is 2.81. The van der Waals surface area contributed by atoms with Crippen LogP contribution in [0.25, 0.3) is 0 Å². The molecular weight excluding hydrogens is 392 g/mol. The first-order chi connectivity index (χ1) is 9.97. The Labute approximate surface area is 134 Å². The SMILES string of the molecule is O=C(CCCNc1cc(F)c(I)cc1[N+](=O)[O-])NC1CC1. The van der Waals surface area contributed by atoms with Crippen molar-refractivity contribution in [3.8, 4) is 0 Å². The van der Waals surface area contributed by atoms with Gasteiger partial charge >= 0.3 is 0 Å². The lowest BCUT2D eigenvalue weighted by Gasteiger charge is -2.08. The molecule has 0 atom stereocenters. The summed E-state index contributed by atoms with van der Waals surface area (Å²) >= 11 is 1.71. The highest BCUT2D eigenvalue weighted by atomic mass is 127. The molecule has 1 aromatic rings. The molecule has 0 unspecified atom stereocenters. The van der Waals surface area contributed by atoms with Crippen molar-refractivity contribution in [1.29, 1.82) is 0 Å². The van der Waals surface area contributed by atoms with Gasteiger partial charge in [-0.25, -0.2) is 4.39 Å². The predicted molar refractivity (Wildman–Crippen MR) is 84.7 cm³/mol. The number of benzene rings is 1. The van der Waals surface area contributed by atoms with Gasteiger partial charge in [-0.2, -0.15) is 0 Å². The molecule has 0 aromatic heterocycles. The van der Waals surface area contributed by atoms with E-state index in [0.717, 1.165) is 18.9 Å². The number of rotatable bonds is 7. The van der Waals surface area contributed by atoms with Gasteiger partial charge in [-0.1, -0.05) is 0 Å². The highest BCUT2D eigenvalue weighted by Crippen LogP contribution is 2.28. The third kappa shape index (κ3) is 4.80. The maximum Gasteiger partial charge on any atom is 0.293 e. The number of carbonyl (C=O) groups excluding carboxylic acids is 1. The van der Waals surface area contributed by atoms with E-state index in [0.29, 0.717) is 25.4 Å². The van der Waals surface area contributed by atoms with E-state index in [1.165, 1.54) is 6.07 Å². The van der Waals surface area contributed by atoms with Crippen molar-refractivity contribution in [2.75, 3.05) is 11.9 Å². The molecule has 114 valence electrons. The van der Waals surface area contributed by atoms with Crippen molar-refractivity contribution in [3.05, 3.63) is 31.6 Å². The smallest absolute Gasteiger partial charge is 0.293 e.